The van der Waals surface area contributed by atoms with Gasteiger partial charge in [0, 0.05) is 18.6 Å². The molecule has 2 aliphatic heterocycles. The maximum atomic E-state index is 13.1. The molecule has 3 rings (SSSR count). The van der Waals surface area contributed by atoms with Gasteiger partial charge in [-0.05, 0) is 63.9 Å². The van der Waals surface area contributed by atoms with Crippen molar-refractivity contribution in [2.75, 3.05) is 26.2 Å². The summed E-state index contributed by atoms with van der Waals surface area (Å²) >= 11 is 0. The summed E-state index contributed by atoms with van der Waals surface area (Å²) in [5.74, 6) is -0.239. The van der Waals surface area contributed by atoms with Crippen molar-refractivity contribution in [3.05, 3.63) is 35.6 Å². The first-order chi connectivity index (χ1) is 11.4. The Kier molecular flexibility index (Phi) is 5.09. The van der Waals surface area contributed by atoms with Crippen LogP contribution in [0.2, 0.25) is 0 Å². The van der Waals surface area contributed by atoms with E-state index < -0.39 is 0 Å². The van der Waals surface area contributed by atoms with Crippen molar-refractivity contribution >= 4 is 6.03 Å². The van der Waals surface area contributed by atoms with Crippen LogP contribution in [0.5, 0.6) is 0 Å². The first-order valence-corrected chi connectivity index (χ1v) is 9.01. The summed E-state index contributed by atoms with van der Waals surface area (Å²) in [5.41, 5.74) is 0.754. The Bertz CT molecular complexity index is 566. The van der Waals surface area contributed by atoms with Crippen molar-refractivity contribution in [1.29, 1.82) is 0 Å². The quantitative estimate of drug-likeness (QED) is 0.915. The predicted octanol–water partition coefficient (Wildman–Crippen LogP) is 3.55. The number of nitrogens with one attached hydrogen (secondary N) is 1. The first kappa shape index (κ1) is 17.2. The molecule has 1 atom stereocenters. The van der Waals surface area contributed by atoms with Gasteiger partial charge in [-0.1, -0.05) is 18.6 Å². The summed E-state index contributed by atoms with van der Waals surface area (Å²) in [6, 6.07) is 6.53. The van der Waals surface area contributed by atoms with E-state index in [0.29, 0.717) is 0 Å². The van der Waals surface area contributed by atoms with Crippen LogP contribution >= 0.6 is 0 Å². The monoisotopic (exact) mass is 333 g/mol. The molecule has 0 aliphatic carbocycles. The highest BCUT2D eigenvalue weighted by atomic mass is 19.1. The number of urea groups is 1. The molecule has 24 heavy (non-hydrogen) atoms. The lowest BCUT2D eigenvalue weighted by Gasteiger charge is -2.44. The van der Waals surface area contributed by atoms with E-state index in [0.717, 1.165) is 38.2 Å². The number of rotatable bonds is 4. The minimum atomic E-state index is -0.253. The fraction of sp³-hybridized carbons (Fsp3) is 0.632. The molecule has 0 saturated carbocycles. The van der Waals surface area contributed by atoms with Gasteiger partial charge in [0.25, 0.3) is 0 Å². The highest BCUT2D eigenvalue weighted by Gasteiger charge is 2.36. The molecule has 2 amide bonds. The van der Waals surface area contributed by atoms with Gasteiger partial charge in [-0.15, -0.1) is 0 Å². The Morgan fingerprint density at radius 1 is 1.17 bits per heavy atom. The zero-order chi connectivity index (χ0) is 17.2. The van der Waals surface area contributed by atoms with Crippen LogP contribution in [-0.2, 0) is 0 Å². The standard InChI is InChI=1S/C19H28FN3O/c1-19(2,14-22-11-4-3-5-12-22)21-18(24)23-13-10-17(23)15-6-8-16(20)9-7-15/h6-9,17H,3-5,10-14H2,1-2H3,(H,21,24)/t17-/m1/s1. The molecule has 4 nitrogen and oxygen atoms in total. The summed E-state index contributed by atoms with van der Waals surface area (Å²) in [4.78, 5) is 16.9. The van der Waals surface area contributed by atoms with Crippen LogP contribution in [0.4, 0.5) is 9.18 Å². The molecule has 1 N–H and O–H groups in total. The second-order valence-electron chi connectivity index (χ2n) is 7.70. The van der Waals surface area contributed by atoms with Crippen LogP contribution in [0.25, 0.3) is 0 Å². The molecule has 2 heterocycles. The molecule has 0 aromatic heterocycles. The fourth-order valence-electron chi connectivity index (χ4n) is 3.74. The average molecular weight is 333 g/mol. The lowest BCUT2D eigenvalue weighted by molar-refractivity contribution is 0.102. The third-order valence-electron chi connectivity index (χ3n) is 5.05. The Balaban J connectivity index is 1.56. The number of halogens is 1. The number of amides is 2. The lowest BCUT2D eigenvalue weighted by atomic mass is 9.95. The van der Waals surface area contributed by atoms with Crippen molar-refractivity contribution < 1.29 is 9.18 Å². The number of nitrogens with zero attached hydrogens (tertiary/aromatic N) is 2. The predicted molar refractivity (Wildman–Crippen MR) is 93.4 cm³/mol. The van der Waals surface area contributed by atoms with Gasteiger partial charge in [0.1, 0.15) is 5.82 Å². The molecule has 0 bridgehead atoms. The van der Waals surface area contributed by atoms with Crippen LogP contribution in [0.15, 0.2) is 24.3 Å². The number of hydrogen-bond acceptors (Lipinski definition) is 2. The fourth-order valence-corrected chi connectivity index (χ4v) is 3.74. The molecular formula is C19H28FN3O. The summed E-state index contributed by atoms with van der Waals surface area (Å²) < 4.78 is 13.1. The van der Waals surface area contributed by atoms with E-state index >= 15 is 0 Å². The van der Waals surface area contributed by atoms with E-state index in [9.17, 15) is 9.18 Å². The van der Waals surface area contributed by atoms with Crippen LogP contribution in [0.3, 0.4) is 0 Å². The topological polar surface area (TPSA) is 35.6 Å². The van der Waals surface area contributed by atoms with Crippen molar-refractivity contribution in [1.82, 2.24) is 15.1 Å². The van der Waals surface area contributed by atoms with E-state index in [1.807, 2.05) is 4.90 Å². The highest BCUT2D eigenvalue weighted by Crippen LogP contribution is 2.33. The molecule has 0 unspecified atom stereocenters. The van der Waals surface area contributed by atoms with Gasteiger partial charge in [0.05, 0.1) is 6.04 Å². The third-order valence-corrected chi connectivity index (χ3v) is 5.05. The van der Waals surface area contributed by atoms with Gasteiger partial charge < -0.3 is 15.1 Å². The molecule has 0 radical (unpaired) electrons. The molecular weight excluding hydrogens is 305 g/mol. The normalized spacial score (nSPS) is 22.1. The molecule has 5 heteroatoms. The van der Waals surface area contributed by atoms with Gasteiger partial charge in [0.15, 0.2) is 0 Å². The maximum Gasteiger partial charge on any atom is 0.318 e. The van der Waals surface area contributed by atoms with E-state index in [-0.39, 0.29) is 23.4 Å². The average Bonchev–Trinajstić information content (AvgIpc) is 2.48. The molecule has 1 aromatic carbocycles. The van der Waals surface area contributed by atoms with Gasteiger partial charge >= 0.3 is 6.03 Å². The minimum Gasteiger partial charge on any atom is -0.332 e. The first-order valence-electron chi connectivity index (χ1n) is 9.01. The summed E-state index contributed by atoms with van der Waals surface area (Å²) in [7, 11) is 0. The summed E-state index contributed by atoms with van der Waals surface area (Å²) in [5, 5.41) is 3.19. The van der Waals surface area contributed by atoms with Crippen LogP contribution in [-0.4, -0.2) is 47.5 Å². The van der Waals surface area contributed by atoms with Crippen LogP contribution in [0, 0.1) is 5.82 Å². The van der Waals surface area contributed by atoms with E-state index in [1.165, 1.54) is 31.4 Å². The Morgan fingerprint density at radius 2 is 1.83 bits per heavy atom. The number of benzene rings is 1. The van der Waals surface area contributed by atoms with Crippen LogP contribution < -0.4 is 5.32 Å². The number of hydrogen-bond donors (Lipinski definition) is 1. The molecule has 0 spiro atoms. The summed E-state index contributed by atoms with van der Waals surface area (Å²) in [6.45, 7) is 8.07. The van der Waals surface area contributed by atoms with Gasteiger partial charge in [0.2, 0.25) is 0 Å². The van der Waals surface area contributed by atoms with E-state index in [4.69, 9.17) is 0 Å². The van der Waals surface area contributed by atoms with Crippen molar-refractivity contribution in [2.24, 2.45) is 0 Å². The molecule has 2 fully saturated rings. The molecule has 2 saturated heterocycles. The minimum absolute atomic E-state index is 0.0161. The van der Waals surface area contributed by atoms with Gasteiger partial charge in [-0.2, -0.15) is 0 Å². The van der Waals surface area contributed by atoms with Gasteiger partial charge in [-0.25, -0.2) is 9.18 Å². The number of likely N-dealkylation sites (tertiary alicyclic amines) is 2. The molecule has 1 aromatic rings. The second-order valence-corrected chi connectivity index (χ2v) is 7.70. The van der Waals surface area contributed by atoms with Gasteiger partial charge in [-0.3, -0.25) is 0 Å². The molecule has 132 valence electrons. The van der Waals surface area contributed by atoms with Crippen molar-refractivity contribution in [3.63, 3.8) is 0 Å². The smallest absolute Gasteiger partial charge is 0.318 e. The number of piperidine rings is 1. The Hall–Kier alpha value is -1.62. The van der Waals surface area contributed by atoms with Crippen molar-refractivity contribution in [3.8, 4) is 0 Å². The van der Waals surface area contributed by atoms with E-state index in [2.05, 4.69) is 24.1 Å². The second kappa shape index (κ2) is 7.09. The van der Waals surface area contributed by atoms with Crippen LogP contribution in [0.1, 0.15) is 51.1 Å². The zero-order valence-corrected chi connectivity index (χ0v) is 14.7. The Labute approximate surface area is 144 Å². The van der Waals surface area contributed by atoms with Crippen molar-refractivity contribution in [2.45, 2.75) is 51.1 Å². The number of carbonyl (C=O) groups excluding carboxylic acids is 1. The lowest BCUT2D eigenvalue weighted by Crippen LogP contribution is -2.58. The highest BCUT2D eigenvalue weighted by molar-refractivity contribution is 5.76. The summed E-state index contributed by atoms with van der Waals surface area (Å²) in [6.07, 6.45) is 4.76. The maximum absolute atomic E-state index is 13.1. The largest absolute Gasteiger partial charge is 0.332 e. The Morgan fingerprint density at radius 3 is 2.42 bits per heavy atom. The SMILES string of the molecule is CC(C)(CN1CCCCC1)NC(=O)N1CC[C@@H]1c1ccc(F)cc1. The third kappa shape index (κ3) is 4.07. The zero-order valence-electron chi connectivity index (χ0n) is 14.7. The number of carbonyl (C=O) groups is 1. The molecule has 2 aliphatic rings. The van der Waals surface area contributed by atoms with E-state index in [1.54, 1.807) is 12.1 Å².